The topological polar surface area (TPSA) is 39.1 Å². The third-order valence-corrected chi connectivity index (χ3v) is 4.18. The summed E-state index contributed by atoms with van der Waals surface area (Å²) >= 11 is 0. The van der Waals surface area contributed by atoms with E-state index in [1.807, 2.05) is 24.3 Å². The number of nitriles is 1. The number of hydrogen-bond acceptors (Lipinski definition) is 3. The number of benzene rings is 1. The van der Waals surface area contributed by atoms with Crippen molar-refractivity contribution in [2.45, 2.75) is 32.4 Å². The van der Waals surface area contributed by atoms with Crippen LogP contribution in [0.2, 0.25) is 0 Å². The smallest absolute Gasteiger partial charge is 0.0991 e. The van der Waals surface area contributed by atoms with Crippen LogP contribution < -0.4 is 5.32 Å². The van der Waals surface area contributed by atoms with Gasteiger partial charge in [0.25, 0.3) is 0 Å². The van der Waals surface area contributed by atoms with Gasteiger partial charge in [0, 0.05) is 12.6 Å². The number of rotatable bonds is 4. The van der Waals surface area contributed by atoms with E-state index in [0.29, 0.717) is 6.04 Å². The summed E-state index contributed by atoms with van der Waals surface area (Å²) in [4.78, 5) is 2.41. The molecule has 2 rings (SSSR count). The highest BCUT2D eigenvalue weighted by molar-refractivity contribution is 5.31. The van der Waals surface area contributed by atoms with Gasteiger partial charge in [0.1, 0.15) is 0 Å². The average molecular weight is 257 g/mol. The van der Waals surface area contributed by atoms with E-state index in [1.165, 1.54) is 31.5 Å². The van der Waals surface area contributed by atoms with Crippen molar-refractivity contribution in [3.8, 4) is 6.07 Å². The fourth-order valence-corrected chi connectivity index (χ4v) is 2.67. The lowest BCUT2D eigenvalue weighted by atomic mass is 9.90. The van der Waals surface area contributed by atoms with Gasteiger partial charge in [-0.3, -0.25) is 0 Å². The molecule has 0 saturated carbocycles. The Bertz CT molecular complexity index is 424. The van der Waals surface area contributed by atoms with Gasteiger partial charge >= 0.3 is 0 Å². The zero-order chi connectivity index (χ0) is 13.7. The number of piperidine rings is 1. The first kappa shape index (κ1) is 14.0. The minimum atomic E-state index is 0.560. The Morgan fingerprint density at radius 1 is 1.32 bits per heavy atom. The molecule has 102 valence electrons. The summed E-state index contributed by atoms with van der Waals surface area (Å²) < 4.78 is 0. The minimum absolute atomic E-state index is 0.560. The Morgan fingerprint density at radius 3 is 2.53 bits per heavy atom. The lowest BCUT2D eigenvalue weighted by Gasteiger charge is -2.33. The first-order valence-corrected chi connectivity index (χ1v) is 7.10. The van der Waals surface area contributed by atoms with Crippen molar-refractivity contribution < 1.29 is 0 Å². The summed E-state index contributed by atoms with van der Waals surface area (Å²) in [6.07, 6.45) is 2.58. The maximum Gasteiger partial charge on any atom is 0.0991 e. The zero-order valence-corrected chi connectivity index (χ0v) is 11.9. The van der Waals surface area contributed by atoms with Crippen LogP contribution in [0.3, 0.4) is 0 Å². The van der Waals surface area contributed by atoms with E-state index >= 15 is 0 Å². The lowest BCUT2D eigenvalue weighted by Crippen LogP contribution is -2.40. The maximum absolute atomic E-state index is 8.77. The van der Waals surface area contributed by atoms with E-state index in [9.17, 15) is 0 Å². The zero-order valence-electron chi connectivity index (χ0n) is 11.9. The monoisotopic (exact) mass is 257 g/mol. The number of nitrogens with one attached hydrogen (secondary N) is 1. The van der Waals surface area contributed by atoms with E-state index in [-0.39, 0.29) is 0 Å². The van der Waals surface area contributed by atoms with E-state index in [2.05, 4.69) is 30.3 Å². The molecular weight excluding hydrogens is 234 g/mol. The highest BCUT2D eigenvalue weighted by Crippen LogP contribution is 2.19. The quantitative estimate of drug-likeness (QED) is 0.900. The van der Waals surface area contributed by atoms with Crippen LogP contribution in [0.4, 0.5) is 0 Å². The molecule has 1 aromatic rings. The van der Waals surface area contributed by atoms with Gasteiger partial charge in [-0.05, 0) is 63.5 Å². The first-order valence-electron chi connectivity index (χ1n) is 7.10. The highest BCUT2D eigenvalue weighted by Gasteiger charge is 2.21. The van der Waals surface area contributed by atoms with Crippen LogP contribution in [0.15, 0.2) is 24.3 Å². The molecular formula is C16H23N3. The van der Waals surface area contributed by atoms with Gasteiger partial charge < -0.3 is 10.2 Å². The van der Waals surface area contributed by atoms with Crippen molar-refractivity contribution in [1.29, 1.82) is 5.26 Å². The molecule has 19 heavy (non-hydrogen) atoms. The largest absolute Gasteiger partial charge is 0.310 e. The van der Waals surface area contributed by atoms with Gasteiger partial charge in [-0.15, -0.1) is 0 Å². The second-order valence-corrected chi connectivity index (χ2v) is 5.62. The summed E-state index contributed by atoms with van der Waals surface area (Å²) in [6, 6.07) is 10.6. The van der Waals surface area contributed by atoms with Gasteiger partial charge in [-0.25, -0.2) is 0 Å². The predicted molar refractivity (Wildman–Crippen MR) is 77.7 cm³/mol. The molecule has 0 aromatic heterocycles. The summed E-state index contributed by atoms with van der Waals surface area (Å²) in [5, 5.41) is 12.4. The fraction of sp³-hybridized carbons (Fsp3) is 0.562. The Balaban J connectivity index is 1.79. The van der Waals surface area contributed by atoms with Gasteiger partial charge in [0.15, 0.2) is 0 Å². The molecule has 0 aliphatic carbocycles. The number of likely N-dealkylation sites (tertiary alicyclic amines) is 1. The molecule has 1 N–H and O–H groups in total. The van der Waals surface area contributed by atoms with Crippen LogP contribution in [-0.2, 0) is 6.54 Å². The van der Waals surface area contributed by atoms with Crippen molar-refractivity contribution in [3.05, 3.63) is 35.4 Å². The van der Waals surface area contributed by atoms with Gasteiger partial charge in [-0.1, -0.05) is 12.1 Å². The van der Waals surface area contributed by atoms with E-state index in [4.69, 9.17) is 5.26 Å². The Morgan fingerprint density at radius 2 is 1.95 bits per heavy atom. The molecule has 1 aliphatic rings. The summed E-state index contributed by atoms with van der Waals surface area (Å²) in [5.74, 6) is 0.787. The molecule has 0 amide bonds. The van der Waals surface area contributed by atoms with Crippen LogP contribution in [0.1, 0.15) is 30.9 Å². The molecule has 0 bridgehead atoms. The molecule has 1 fully saturated rings. The normalized spacial score (nSPS) is 19.0. The molecule has 1 saturated heterocycles. The van der Waals surface area contributed by atoms with Crippen molar-refractivity contribution in [1.82, 2.24) is 10.2 Å². The van der Waals surface area contributed by atoms with Crippen LogP contribution in [0.25, 0.3) is 0 Å². The number of nitrogens with zero attached hydrogens (tertiary/aromatic N) is 2. The number of hydrogen-bond donors (Lipinski definition) is 1. The molecule has 1 aliphatic heterocycles. The van der Waals surface area contributed by atoms with Gasteiger partial charge in [0.05, 0.1) is 11.6 Å². The molecule has 0 spiro atoms. The summed E-state index contributed by atoms with van der Waals surface area (Å²) in [6.45, 7) is 5.61. The predicted octanol–water partition coefficient (Wildman–Crippen LogP) is 2.38. The Labute approximate surface area is 116 Å². The summed E-state index contributed by atoms with van der Waals surface area (Å²) in [5.41, 5.74) is 1.98. The van der Waals surface area contributed by atoms with Crippen molar-refractivity contribution in [2.75, 3.05) is 20.1 Å². The van der Waals surface area contributed by atoms with Crippen LogP contribution >= 0.6 is 0 Å². The second-order valence-electron chi connectivity index (χ2n) is 5.62. The van der Waals surface area contributed by atoms with Crippen LogP contribution in [0, 0.1) is 17.2 Å². The van der Waals surface area contributed by atoms with Gasteiger partial charge in [0.2, 0.25) is 0 Å². The molecule has 0 radical (unpaired) electrons. The van der Waals surface area contributed by atoms with E-state index in [1.54, 1.807) is 0 Å². The van der Waals surface area contributed by atoms with Crippen LogP contribution in [-0.4, -0.2) is 31.1 Å². The van der Waals surface area contributed by atoms with E-state index in [0.717, 1.165) is 18.0 Å². The van der Waals surface area contributed by atoms with E-state index < -0.39 is 0 Å². The van der Waals surface area contributed by atoms with Gasteiger partial charge in [-0.2, -0.15) is 5.26 Å². The third kappa shape index (κ3) is 4.05. The molecule has 1 atom stereocenters. The first-order chi connectivity index (χ1) is 9.19. The Hall–Kier alpha value is -1.37. The average Bonchev–Trinajstić information content (AvgIpc) is 2.46. The highest BCUT2D eigenvalue weighted by atomic mass is 15.1. The van der Waals surface area contributed by atoms with Crippen molar-refractivity contribution >= 4 is 0 Å². The molecule has 3 heteroatoms. The minimum Gasteiger partial charge on any atom is -0.310 e. The molecule has 1 unspecified atom stereocenters. The van der Waals surface area contributed by atoms with Crippen molar-refractivity contribution in [2.24, 2.45) is 5.92 Å². The van der Waals surface area contributed by atoms with Crippen LogP contribution in [0.5, 0.6) is 0 Å². The summed E-state index contributed by atoms with van der Waals surface area (Å²) in [7, 11) is 2.20. The third-order valence-electron chi connectivity index (χ3n) is 4.18. The fourth-order valence-electron chi connectivity index (χ4n) is 2.67. The Kier molecular flexibility index (Phi) is 4.95. The molecule has 3 nitrogen and oxygen atoms in total. The van der Waals surface area contributed by atoms with Crippen molar-refractivity contribution in [3.63, 3.8) is 0 Å². The maximum atomic E-state index is 8.77. The standard InChI is InChI=1S/C16H23N3/c1-13(16-7-9-19(2)10-8-16)18-12-15-5-3-14(11-17)4-6-15/h3-6,13,16,18H,7-10,12H2,1-2H3. The lowest BCUT2D eigenvalue weighted by molar-refractivity contribution is 0.189. The second kappa shape index (κ2) is 6.70. The molecule has 1 heterocycles. The SMILES string of the molecule is CC(NCc1ccc(C#N)cc1)C1CCN(C)CC1. The molecule has 1 aromatic carbocycles.